The average Bonchev–Trinajstić information content (AvgIpc) is 2.35. The third kappa shape index (κ3) is 16.0. The molecule has 0 bridgehead atoms. The molecule has 102 valence electrons. The largest absolute Gasteiger partial charge is 0.127 e. The van der Waals surface area contributed by atoms with Crippen LogP contribution in [0.5, 0.6) is 0 Å². The van der Waals surface area contributed by atoms with Gasteiger partial charge in [-0.05, 0) is 19.3 Å². The Kier molecular flexibility index (Phi) is 16.1. The molecule has 0 fully saturated rings. The fourth-order valence-electron chi connectivity index (χ4n) is 2.15. The zero-order valence-electron chi connectivity index (χ0n) is 11.6. The first-order valence-electron chi connectivity index (χ1n) is 7.58. The van der Waals surface area contributed by atoms with Crippen LogP contribution in [-0.4, -0.2) is 5.88 Å². The lowest BCUT2D eigenvalue weighted by molar-refractivity contribution is 0.545. The highest BCUT2D eigenvalue weighted by molar-refractivity contribution is 6.17. The summed E-state index contributed by atoms with van der Waals surface area (Å²) in [6.07, 6.45) is 19.9. The van der Waals surface area contributed by atoms with Crippen molar-refractivity contribution in [2.45, 2.75) is 83.5 Å². The van der Waals surface area contributed by atoms with E-state index in [4.69, 9.17) is 11.6 Å². The summed E-state index contributed by atoms with van der Waals surface area (Å²) in [6.45, 7) is 3.75. The van der Waals surface area contributed by atoms with E-state index in [1.54, 1.807) is 0 Å². The predicted molar refractivity (Wildman–Crippen MR) is 80.9 cm³/mol. The smallest absolute Gasteiger partial charge is 0.0223 e. The van der Waals surface area contributed by atoms with Crippen LogP contribution in [-0.2, 0) is 0 Å². The first kappa shape index (κ1) is 17.0. The molecule has 1 heteroatoms. The molecule has 0 aromatic rings. The van der Waals surface area contributed by atoms with Gasteiger partial charge in [-0.25, -0.2) is 0 Å². The molecule has 0 rings (SSSR count). The number of unbranched alkanes of at least 4 members (excludes halogenated alkanes) is 12. The van der Waals surface area contributed by atoms with Crippen molar-refractivity contribution in [1.29, 1.82) is 0 Å². The zero-order valence-corrected chi connectivity index (χ0v) is 12.3. The molecule has 0 aromatic heterocycles. The molecule has 0 aliphatic carbocycles. The molecule has 0 aliphatic rings. The van der Waals surface area contributed by atoms with Gasteiger partial charge in [-0.3, -0.25) is 0 Å². The number of halogens is 1. The molecule has 0 heterocycles. The Morgan fingerprint density at radius 2 is 0.941 bits per heavy atom. The Balaban J connectivity index is 2.87. The molecule has 0 aliphatic heterocycles. The van der Waals surface area contributed by atoms with Crippen LogP contribution in [0.15, 0.2) is 12.7 Å². The molecule has 0 atom stereocenters. The van der Waals surface area contributed by atoms with Gasteiger partial charge in [0.2, 0.25) is 0 Å². The van der Waals surface area contributed by atoms with Crippen molar-refractivity contribution in [3.63, 3.8) is 0 Å². The van der Waals surface area contributed by atoms with E-state index in [2.05, 4.69) is 6.58 Å². The first-order chi connectivity index (χ1) is 8.41. The zero-order chi connectivity index (χ0) is 12.6. The molecular formula is C16H31Cl. The van der Waals surface area contributed by atoms with Crippen LogP contribution in [0, 0.1) is 0 Å². The Labute approximate surface area is 114 Å². The standard InChI is InChI=1S/C16H31Cl/c1-2-3-4-5-6-7-8-9-10-11-12-13-14-15-16-17/h2H,1,3-16H2. The monoisotopic (exact) mass is 258 g/mol. The second-order valence-corrected chi connectivity index (χ2v) is 5.39. The summed E-state index contributed by atoms with van der Waals surface area (Å²) in [4.78, 5) is 0. The van der Waals surface area contributed by atoms with Gasteiger partial charge in [0.15, 0.2) is 0 Å². The van der Waals surface area contributed by atoms with E-state index >= 15 is 0 Å². The average molecular weight is 259 g/mol. The summed E-state index contributed by atoms with van der Waals surface area (Å²) < 4.78 is 0. The number of rotatable bonds is 14. The topological polar surface area (TPSA) is 0 Å². The lowest BCUT2D eigenvalue weighted by Gasteiger charge is -2.02. The summed E-state index contributed by atoms with van der Waals surface area (Å²) in [5.41, 5.74) is 0. The van der Waals surface area contributed by atoms with Crippen LogP contribution in [0.3, 0.4) is 0 Å². The maximum absolute atomic E-state index is 5.64. The summed E-state index contributed by atoms with van der Waals surface area (Å²) in [5, 5.41) is 0. The fourth-order valence-corrected chi connectivity index (χ4v) is 2.34. The van der Waals surface area contributed by atoms with Crippen molar-refractivity contribution in [3.05, 3.63) is 12.7 Å². The minimum Gasteiger partial charge on any atom is -0.127 e. The molecule has 0 aromatic carbocycles. The van der Waals surface area contributed by atoms with E-state index in [0.717, 1.165) is 5.88 Å². The van der Waals surface area contributed by atoms with Gasteiger partial charge in [-0.2, -0.15) is 0 Å². The van der Waals surface area contributed by atoms with Gasteiger partial charge in [0.05, 0.1) is 0 Å². The maximum atomic E-state index is 5.64. The van der Waals surface area contributed by atoms with Gasteiger partial charge < -0.3 is 0 Å². The van der Waals surface area contributed by atoms with Crippen LogP contribution in [0.25, 0.3) is 0 Å². The van der Waals surface area contributed by atoms with Gasteiger partial charge in [0.25, 0.3) is 0 Å². The van der Waals surface area contributed by atoms with E-state index < -0.39 is 0 Å². The molecular weight excluding hydrogens is 228 g/mol. The Morgan fingerprint density at radius 3 is 1.29 bits per heavy atom. The van der Waals surface area contributed by atoms with E-state index in [1.807, 2.05) is 6.08 Å². The lowest BCUT2D eigenvalue weighted by Crippen LogP contribution is -1.83. The van der Waals surface area contributed by atoms with Crippen LogP contribution in [0.1, 0.15) is 83.5 Å². The van der Waals surface area contributed by atoms with Crippen LogP contribution < -0.4 is 0 Å². The minimum absolute atomic E-state index is 0.839. The van der Waals surface area contributed by atoms with Crippen LogP contribution >= 0.6 is 11.6 Å². The Morgan fingerprint density at radius 1 is 0.588 bits per heavy atom. The second-order valence-electron chi connectivity index (χ2n) is 5.01. The normalized spacial score (nSPS) is 10.6. The van der Waals surface area contributed by atoms with Crippen molar-refractivity contribution >= 4 is 11.6 Å². The van der Waals surface area contributed by atoms with Gasteiger partial charge >= 0.3 is 0 Å². The van der Waals surface area contributed by atoms with E-state index in [9.17, 15) is 0 Å². The molecule has 0 spiro atoms. The van der Waals surface area contributed by atoms with Gasteiger partial charge in [0.1, 0.15) is 0 Å². The van der Waals surface area contributed by atoms with Crippen LogP contribution in [0.2, 0.25) is 0 Å². The van der Waals surface area contributed by atoms with Crippen molar-refractivity contribution in [3.8, 4) is 0 Å². The molecule has 17 heavy (non-hydrogen) atoms. The molecule has 0 amide bonds. The molecule has 0 unspecified atom stereocenters. The van der Waals surface area contributed by atoms with Gasteiger partial charge in [-0.15, -0.1) is 18.2 Å². The molecule has 0 nitrogen and oxygen atoms in total. The van der Waals surface area contributed by atoms with Crippen LogP contribution in [0.4, 0.5) is 0 Å². The summed E-state index contributed by atoms with van der Waals surface area (Å²) in [6, 6.07) is 0. The highest BCUT2D eigenvalue weighted by Crippen LogP contribution is 2.12. The summed E-state index contributed by atoms with van der Waals surface area (Å²) in [5.74, 6) is 0.839. The second kappa shape index (κ2) is 16.0. The molecule has 0 radical (unpaired) electrons. The minimum atomic E-state index is 0.839. The molecule has 0 N–H and O–H groups in total. The van der Waals surface area contributed by atoms with E-state index in [1.165, 1.54) is 83.5 Å². The number of allylic oxidation sites excluding steroid dienone is 1. The highest BCUT2D eigenvalue weighted by atomic mass is 35.5. The molecule has 0 saturated carbocycles. The third-order valence-corrected chi connectivity index (χ3v) is 3.56. The Hall–Kier alpha value is 0.0300. The quantitative estimate of drug-likeness (QED) is 0.190. The number of hydrogen-bond donors (Lipinski definition) is 0. The lowest BCUT2D eigenvalue weighted by atomic mass is 10.0. The van der Waals surface area contributed by atoms with Crippen molar-refractivity contribution in [2.24, 2.45) is 0 Å². The fraction of sp³-hybridized carbons (Fsp3) is 0.875. The Bertz CT molecular complexity index is 142. The first-order valence-corrected chi connectivity index (χ1v) is 8.12. The van der Waals surface area contributed by atoms with Crippen molar-refractivity contribution < 1.29 is 0 Å². The highest BCUT2D eigenvalue weighted by Gasteiger charge is 1.93. The van der Waals surface area contributed by atoms with Crippen molar-refractivity contribution in [2.75, 3.05) is 5.88 Å². The van der Waals surface area contributed by atoms with Gasteiger partial charge in [-0.1, -0.05) is 70.3 Å². The summed E-state index contributed by atoms with van der Waals surface area (Å²) >= 11 is 5.64. The van der Waals surface area contributed by atoms with Crippen molar-refractivity contribution in [1.82, 2.24) is 0 Å². The van der Waals surface area contributed by atoms with Gasteiger partial charge in [0, 0.05) is 5.88 Å². The number of hydrogen-bond acceptors (Lipinski definition) is 0. The maximum Gasteiger partial charge on any atom is 0.0223 e. The molecule has 0 saturated heterocycles. The SMILES string of the molecule is C=CCCCCCCCCCCCCCCCl. The third-order valence-electron chi connectivity index (χ3n) is 3.29. The predicted octanol–water partition coefficient (Wildman–Crippen LogP) is 6.48. The summed E-state index contributed by atoms with van der Waals surface area (Å²) in [7, 11) is 0. The van der Waals surface area contributed by atoms with E-state index in [0.29, 0.717) is 0 Å². The van der Waals surface area contributed by atoms with E-state index in [-0.39, 0.29) is 0 Å². The number of alkyl halides is 1.